The average Bonchev–Trinajstić information content (AvgIpc) is 2.97. The number of carbonyl (C=O) groups excluding carboxylic acids is 1. The van der Waals surface area contributed by atoms with Gasteiger partial charge in [-0.1, -0.05) is 19.8 Å². The summed E-state index contributed by atoms with van der Waals surface area (Å²) in [6.07, 6.45) is 8.56. The summed E-state index contributed by atoms with van der Waals surface area (Å²) in [5, 5.41) is 1.10. The Morgan fingerprint density at radius 1 is 1.39 bits per heavy atom. The molecule has 1 saturated heterocycles. The summed E-state index contributed by atoms with van der Waals surface area (Å²) in [5.41, 5.74) is 0. The zero-order chi connectivity index (χ0) is 16.5. The van der Waals surface area contributed by atoms with E-state index in [9.17, 15) is 9.69 Å². The Balaban J connectivity index is 1.76. The number of hydrogen-bond acceptors (Lipinski definition) is 6. The molecule has 2 rings (SSSR count). The van der Waals surface area contributed by atoms with Gasteiger partial charge in [-0.3, -0.25) is 4.79 Å². The van der Waals surface area contributed by atoms with Crippen LogP contribution >= 0.6 is 17.9 Å². The van der Waals surface area contributed by atoms with Crippen molar-refractivity contribution in [1.29, 1.82) is 0 Å². The normalized spacial score (nSPS) is 23.4. The molecule has 1 heterocycles. The Morgan fingerprint density at radius 2 is 2.22 bits per heavy atom. The van der Waals surface area contributed by atoms with Crippen molar-refractivity contribution >= 4 is 29.2 Å². The van der Waals surface area contributed by atoms with Crippen LogP contribution in [0.1, 0.15) is 64.7 Å². The molecule has 0 aromatic carbocycles. The minimum absolute atomic E-state index is 0.0967. The molecule has 1 aliphatic heterocycles. The number of carbonyl (C=O) groups is 1. The second kappa shape index (κ2) is 10.1. The quantitative estimate of drug-likeness (QED) is 0.272. The van der Waals surface area contributed by atoms with E-state index < -0.39 is 6.54 Å². The van der Waals surface area contributed by atoms with Gasteiger partial charge in [0.2, 0.25) is 0 Å². The molecule has 0 aromatic heterocycles. The van der Waals surface area contributed by atoms with Crippen LogP contribution in [-0.2, 0) is 18.8 Å². The molecule has 1 saturated carbocycles. The molecule has 0 radical (unpaired) electrons. The standard InChI is InChI=1S/C16H29O5PS/c1-2-3-4-10-16(17)20-13-23-22(18,15-8-5-9-15)21-12-14-7-6-11-19-14/h14,18H,2-13H2,1H3/t14-,22?/m0/s1. The van der Waals surface area contributed by atoms with E-state index >= 15 is 0 Å². The van der Waals surface area contributed by atoms with Gasteiger partial charge in [0.05, 0.1) is 12.7 Å². The van der Waals surface area contributed by atoms with Crippen LogP contribution in [0.3, 0.4) is 0 Å². The molecule has 5 nitrogen and oxygen atoms in total. The van der Waals surface area contributed by atoms with Crippen LogP contribution in [0.25, 0.3) is 0 Å². The largest absolute Gasteiger partial charge is 0.454 e. The van der Waals surface area contributed by atoms with E-state index in [0.717, 1.165) is 63.3 Å². The minimum atomic E-state index is -2.64. The predicted octanol–water partition coefficient (Wildman–Crippen LogP) is 4.11. The van der Waals surface area contributed by atoms with E-state index in [2.05, 4.69) is 6.92 Å². The second-order valence-electron chi connectivity index (χ2n) is 6.09. The van der Waals surface area contributed by atoms with Gasteiger partial charge in [-0.2, -0.15) is 0 Å². The van der Waals surface area contributed by atoms with E-state index in [-0.39, 0.29) is 18.0 Å². The Labute approximate surface area is 143 Å². The van der Waals surface area contributed by atoms with Crippen LogP contribution in [0.15, 0.2) is 0 Å². The number of esters is 1. The molecule has 2 aliphatic rings. The van der Waals surface area contributed by atoms with Crippen molar-refractivity contribution in [1.82, 2.24) is 0 Å². The lowest BCUT2D eigenvalue weighted by atomic mass is 10.0. The van der Waals surface area contributed by atoms with Gasteiger partial charge >= 0.3 is 5.97 Å². The highest BCUT2D eigenvalue weighted by Crippen LogP contribution is 2.61. The predicted molar refractivity (Wildman–Crippen MR) is 95.6 cm³/mol. The van der Waals surface area contributed by atoms with Gasteiger partial charge < -0.3 is 18.9 Å². The number of ether oxygens (including phenoxy) is 2. The molecule has 2 atom stereocenters. The summed E-state index contributed by atoms with van der Waals surface area (Å²) >= 11 is 1.27. The fourth-order valence-corrected chi connectivity index (χ4v) is 6.66. The van der Waals surface area contributed by atoms with Crippen LogP contribution in [0.2, 0.25) is 0 Å². The summed E-state index contributed by atoms with van der Waals surface area (Å²) in [4.78, 5) is 22.5. The lowest BCUT2D eigenvalue weighted by molar-refractivity contribution is -0.141. The Hall–Kier alpha value is -0.0000000000000000833. The summed E-state index contributed by atoms with van der Waals surface area (Å²) in [7, 11) is 0. The molecule has 0 amide bonds. The van der Waals surface area contributed by atoms with Gasteiger partial charge in [0.25, 0.3) is 0 Å². The molecular formula is C16H29O5PS. The van der Waals surface area contributed by atoms with Crippen molar-refractivity contribution in [3.05, 3.63) is 0 Å². The summed E-state index contributed by atoms with van der Waals surface area (Å²) < 4.78 is 16.7. The fraction of sp³-hybridized carbons (Fsp3) is 0.875. The minimum Gasteiger partial charge on any atom is -0.454 e. The van der Waals surface area contributed by atoms with Gasteiger partial charge in [-0.15, -0.1) is 0 Å². The van der Waals surface area contributed by atoms with Crippen molar-refractivity contribution in [2.45, 2.75) is 70.8 Å². The third kappa shape index (κ3) is 6.43. The maximum atomic E-state index is 11.7. The maximum absolute atomic E-state index is 11.7. The topological polar surface area (TPSA) is 65.0 Å². The first-order valence-corrected chi connectivity index (χ1v) is 11.9. The van der Waals surface area contributed by atoms with Crippen LogP contribution in [0.5, 0.6) is 0 Å². The van der Waals surface area contributed by atoms with Crippen molar-refractivity contribution < 1.29 is 23.7 Å². The van der Waals surface area contributed by atoms with Crippen LogP contribution in [-0.4, -0.2) is 41.4 Å². The van der Waals surface area contributed by atoms with Gasteiger partial charge in [0.15, 0.2) is 6.54 Å². The third-order valence-electron chi connectivity index (χ3n) is 4.22. The molecule has 23 heavy (non-hydrogen) atoms. The van der Waals surface area contributed by atoms with E-state index in [1.165, 1.54) is 11.4 Å². The molecule has 2 fully saturated rings. The van der Waals surface area contributed by atoms with E-state index in [0.29, 0.717) is 13.0 Å². The molecule has 0 spiro atoms. The molecule has 0 aromatic rings. The zero-order valence-corrected chi connectivity index (χ0v) is 15.7. The molecular weight excluding hydrogens is 335 g/mol. The van der Waals surface area contributed by atoms with Gasteiger partial charge in [0, 0.05) is 13.0 Å². The Bertz CT molecular complexity index is 428. The maximum Gasteiger partial charge on any atom is 0.306 e. The van der Waals surface area contributed by atoms with Crippen molar-refractivity contribution in [3.63, 3.8) is 0 Å². The summed E-state index contributed by atoms with van der Waals surface area (Å²) in [5.74, 6) is -0.0141. The van der Waals surface area contributed by atoms with Gasteiger partial charge in [0.1, 0.15) is 5.94 Å². The molecule has 1 N–H and O–H groups in total. The third-order valence-corrected chi connectivity index (χ3v) is 9.00. The van der Waals surface area contributed by atoms with Crippen LogP contribution < -0.4 is 0 Å². The molecule has 134 valence electrons. The monoisotopic (exact) mass is 364 g/mol. The lowest BCUT2D eigenvalue weighted by Crippen LogP contribution is -2.18. The average molecular weight is 364 g/mol. The summed E-state index contributed by atoms with van der Waals surface area (Å²) in [6, 6.07) is 0. The lowest BCUT2D eigenvalue weighted by Gasteiger charge is -2.29. The fourth-order valence-electron chi connectivity index (χ4n) is 2.55. The first kappa shape index (κ1) is 19.3. The van der Waals surface area contributed by atoms with Crippen molar-refractivity contribution in [3.8, 4) is 0 Å². The highest BCUT2D eigenvalue weighted by molar-refractivity contribution is 8.58. The molecule has 0 bridgehead atoms. The van der Waals surface area contributed by atoms with E-state index in [1.807, 2.05) is 0 Å². The molecule has 7 heteroatoms. The van der Waals surface area contributed by atoms with Gasteiger partial charge in [-0.25, -0.2) is 0 Å². The molecule has 1 aliphatic carbocycles. The van der Waals surface area contributed by atoms with Crippen LogP contribution in [0, 0.1) is 0 Å². The highest BCUT2D eigenvalue weighted by Gasteiger charge is 2.29. The number of hydrogen-bond donors (Lipinski definition) is 1. The Morgan fingerprint density at radius 3 is 2.83 bits per heavy atom. The SMILES string of the molecule is CCCCCC(=O)OCSP(O)(OC[C@@H]1CCCO1)=C1CCC1. The van der Waals surface area contributed by atoms with Crippen LogP contribution in [0.4, 0.5) is 0 Å². The number of rotatable bonds is 10. The number of unbranched alkanes of at least 4 members (excludes halogenated alkanes) is 2. The van der Waals surface area contributed by atoms with Gasteiger partial charge in [-0.05, 0) is 55.2 Å². The molecule has 1 unspecified atom stereocenters. The first-order chi connectivity index (χ1) is 11.1. The van der Waals surface area contributed by atoms with E-state index in [4.69, 9.17) is 14.0 Å². The smallest absolute Gasteiger partial charge is 0.306 e. The van der Waals surface area contributed by atoms with E-state index in [1.54, 1.807) is 0 Å². The second-order valence-corrected chi connectivity index (χ2v) is 10.8. The van der Waals surface area contributed by atoms with Crippen molar-refractivity contribution in [2.24, 2.45) is 0 Å². The highest BCUT2D eigenvalue weighted by atomic mass is 32.7. The summed E-state index contributed by atoms with van der Waals surface area (Å²) in [6.45, 7) is 0.684. The zero-order valence-electron chi connectivity index (χ0n) is 14.0. The first-order valence-electron chi connectivity index (χ1n) is 8.67. The Kier molecular flexibility index (Phi) is 8.48. The van der Waals surface area contributed by atoms with Crippen molar-refractivity contribution in [2.75, 3.05) is 19.2 Å².